The van der Waals surface area contributed by atoms with E-state index in [-0.39, 0.29) is 6.04 Å². The van der Waals surface area contributed by atoms with Crippen LogP contribution in [-0.2, 0) is 0 Å². The van der Waals surface area contributed by atoms with Crippen molar-refractivity contribution < 1.29 is 5.11 Å². The van der Waals surface area contributed by atoms with E-state index in [1.54, 1.807) is 6.07 Å². The van der Waals surface area contributed by atoms with E-state index in [1.165, 1.54) is 0 Å². The summed E-state index contributed by atoms with van der Waals surface area (Å²) in [5, 5.41) is 22.5. The van der Waals surface area contributed by atoms with Crippen molar-refractivity contribution in [3.05, 3.63) is 29.8 Å². The molecule has 1 aliphatic heterocycles. The highest BCUT2D eigenvalue weighted by atomic mass is 16.3. The van der Waals surface area contributed by atoms with E-state index in [0.717, 1.165) is 12.2 Å². The molecule has 18 heavy (non-hydrogen) atoms. The number of nitrogens with one attached hydrogen (secondary N) is 1. The van der Waals surface area contributed by atoms with Gasteiger partial charge in [-0.1, -0.05) is 6.07 Å². The van der Waals surface area contributed by atoms with Crippen molar-refractivity contribution in [2.24, 2.45) is 0 Å². The van der Waals surface area contributed by atoms with Gasteiger partial charge in [0.05, 0.1) is 17.2 Å². The molecule has 4 nitrogen and oxygen atoms in total. The Morgan fingerprint density at radius 3 is 3.06 bits per heavy atom. The number of β-amino-alcohol motifs (C(OH)–C–C–N with tert-alkyl or cyclic N) is 1. The van der Waals surface area contributed by atoms with Crippen LogP contribution in [0.5, 0.6) is 0 Å². The minimum Gasteiger partial charge on any atom is -0.387 e. The van der Waals surface area contributed by atoms with Gasteiger partial charge in [0.15, 0.2) is 0 Å². The second-order valence-corrected chi connectivity index (χ2v) is 5.27. The van der Waals surface area contributed by atoms with Crippen molar-refractivity contribution in [2.45, 2.75) is 25.5 Å². The Bertz CT molecular complexity index is 464. The van der Waals surface area contributed by atoms with Gasteiger partial charge in [-0.25, -0.2) is 0 Å². The summed E-state index contributed by atoms with van der Waals surface area (Å²) in [7, 11) is 0. The summed E-state index contributed by atoms with van der Waals surface area (Å²) in [4.78, 5) is 2.15. The third-order valence-electron chi connectivity index (χ3n) is 3.30. The highest BCUT2D eigenvalue weighted by molar-refractivity contribution is 5.52. The molecule has 96 valence electrons. The lowest BCUT2D eigenvalue weighted by atomic mass is 10.1. The summed E-state index contributed by atoms with van der Waals surface area (Å²) >= 11 is 0. The molecule has 0 amide bonds. The molecular formula is C14H19N3O. The number of nitrogens with zero attached hydrogens (tertiary/aromatic N) is 2. The second-order valence-electron chi connectivity index (χ2n) is 5.27. The van der Waals surface area contributed by atoms with Crippen molar-refractivity contribution in [3.63, 3.8) is 0 Å². The van der Waals surface area contributed by atoms with E-state index in [0.29, 0.717) is 18.7 Å². The molecule has 1 aliphatic rings. The molecule has 1 saturated heterocycles. The maximum Gasteiger partial charge on any atom is 0.0992 e. The van der Waals surface area contributed by atoms with Crippen LogP contribution in [0.4, 0.5) is 5.69 Å². The van der Waals surface area contributed by atoms with Crippen molar-refractivity contribution in [1.29, 1.82) is 5.26 Å². The van der Waals surface area contributed by atoms with Crippen LogP contribution >= 0.6 is 0 Å². The zero-order valence-electron chi connectivity index (χ0n) is 10.8. The van der Waals surface area contributed by atoms with E-state index in [1.807, 2.05) is 25.1 Å². The SMILES string of the molecule is CC1CNCC(C)(O)CN1c1cccc(C#N)c1. The first-order chi connectivity index (χ1) is 8.52. The summed E-state index contributed by atoms with van der Waals surface area (Å²) in [6.07, 6.45) is 0. The molecule has 1 fully saturated rings. The van der Waals surface area contributed by atoms with Gasteiger partial charge in [0.1, 0.15) is 0 Å². The first-order valence-electron chi connectivity index (χ1n) is 6.22. The normalized spacial score (nSPS) is 28.6. The molecule has 0 aliphatic carbocycles. The second kappa shape index (κ2) is 4.97. The van der Waals surface area contributed by atoms with Crippen LogP contribution < -0.4 is 10.2 Å². The average molecular weight is 245 g/mol. The highest BCUT2D eigenvalue weighted by Gasteiger charge is 2.30. The lowest BCUT2D eigenvalue weighted by molar-refractivity contribution is 0.0726. The first-order valence-corrected chi connectivity index (χ1v) is 6.22. The Kier molecular flexibility index (Phi) is 3.55. The predicted octanol–water partition coefficient (Wildman–Crippen LogP) is 1.11. The summed E-state index contributed by atoms with van der Waals surface area (Å²) in [6.45, 7) is 5.93. The zero-order valence-corrected chi connectivity index (χ0v) is 10.8. The van der Waals surface area contributed by atoms with Gasteiger partial charge in [-0.3, -0.25) is 0 Å². The zero-order chi connectivity index (χ0) is 13.2. The monoisotopic (exact) mass is 245 g/mol. The first kappa shape index (κ1) is 12.9. The Hall–Kier alpha value is -1.57. The molecule has 1 heterocycles. The van der Waals surface area contributed by atoms with Crippen molar-refractivity contribution in [1.82, 2.24) is 5.32 Å². The lowest BCUT2D eigenvalue weighted by Crippen LogP contribution is -2.45. The fourth-order valence-electron chi connectivity index (χ4n) is 2.34. The number of hydrogen-bond acceptors (Lipinski definition) is 4. The van der Waals surface area contributed by atoms with Gasteiger partial charge in [0.25, 0.3) is 0 Å². The molecule has 0 bridgehead atoms. The standard InChI is InChI=1S/C14H19N3O/c1-11-8-16-9-14(2,18)10-17(11)13-5-3-4-12(6-13)7-15/h3-6,11,16,18H,8-10H2,1-2H3. The Morgan fingerprint density at radius 1 is 1.56 bits per heavy atom. The largest absolute Gasteiger partial charge is 0.387 e. The third kappa shape index (κ3) is 2.81. The van der Waals surface area contributed by atoms with E-state index in [4.69, 9.17) is 5.26 Å². The van der Waals surface area contributed by atoms with Crippen LogP contribution in [-0.4, -0.2) is 36.4 Å². The fourth-order valence-corrected chi connectivity index (χ4v) is 2.34. The van der Waals surface area contributed by atoms with E-state index >= 15 is 0 Å². The molecule has 0 aromatic heterocycles. The molecule has 1 aromatic carbocycles. The third-order valence-corrected chi connectivity index (χ3v) is 3.30. The van der Waals surface area contributed by atoms with Crippen molar-refractivity contribution in [3.8, 4) is 6.07 Å². The van der Waals surface area contributed by atoms with E-state index < -0.39 is 5.60 Å². The smallest absolute Gasteiger partial charge is 0.0992 e. The lowest BCUT2D eigenvalue weighted by Gasteiger charge is -2.33. The number of anilines is 1. The number of rotatable bonds is 1. The van der Waals surface area contributed by atoms with Crippen molar-refractivity contribution in [2.75, 3.05) is 24.5 Å². The molecule has 4 heteroatoms. The number of nitriles is 1. The van der Waals surface area contributed by atoms with Crippen LogP contribution in [0.1, 0.15) is 19.4 Å². The molecular weight excluding hydrogens is 226 g/mol. The maximum absolute atomic E-state index is 10.3. The Morgan fingerprint density at radius 2 is 2.33 bits per heavy atom. The van der Waals surface area contributed by atoms with Crippen LogP contribution in [0, 0.1) is 11.3 Å². The molecule has 0 radical (unpaired) electrons. The number of benzene rings is 1. The predicted molar refractivity (Wildman–Crippen MR) is 71.5 cm³/mol. The topological polar surface area (TPSA) is 59.3 Å². The van der Waals surface area contributed by atoms with Gasteiger partial charge in [-0.05, 0) is 32.0 Å². The quantitative estimate of drug-likeness (QED) is 0.778. The van der Waals surface area contributed by atoms with Gasteiger partial charge in [-0.15, -0.1) is 0 Å². The van der Waals surface area contributed by atoms with Gasteiger partial charge in [-0.2, -0.15) is 5.26 Å². The summed E-state index contributed by atoms with van der Waals surface area (Å²) in [6, 6.07) is 9.97. The van der Waals surface area contributed by atoms with Gasteiger partial charge < -0.3 is 15.3 Å². The van der Waals surface area contributed by atoms with Crippen LogP contribution in [0.2, 0.25) is 0 Å². The van der Waals surface area contributed by atoms with E-state index in [9.17, 15) is 5.11 Å². The van der Waals surface area contributed by atoms with Gasteiger partial charge in [0.2, 0.25) is 0 Å². The minimum absolute atomic E-state index is 0.285. The molecule has 2 rings (SSSR count). The molecule has 0 spiro atoms. The molecule has 2 unspecified atom stereocenters. The van der Waals surface area contributed by atoms with E-state index in [2.05, 4.69) is 23.2 Å². The summed E-state index contributed by atoms with van der Waals surface area (Å²) in [5.41, 5.74) is 0.884. The fraction of sp³-hybridized carbons (Fsp3) is 0.500. The van der Waals surface area contributed by atoms with Gasteiger partial charge in [0, 0.05) is 31.4 Å². The summed E-state index contributed by atoms with van der Waals surface area (Å²) < 4.78 is 0. The summed E-state index contributed by atoms with van der Waals surface area (Å²) in [5.74, 6) is 0. The molecule has 0 saturated carbocycles. The Labute approximate surface area is 108 Å². The van der Waals surface area contributed by atoms with Crippen LogP contribution in [0.3, 0.4) is 0 Å². The van der Waals surface area contributed by atoms with Gasteiger partial charge >= 0.3 is 0 Å². The van der Waals surface area contributed by atoms with Crippen LogP contribution in [0.15, 0.2) is 24.3 Å². The average Bonchev–Trinajstić information content (AvgIpc) is 2.48. The minimum atomic E-state index is -0.757. The maximum atomic E-state index is 10.3. The Balaban J connectivity index is 2.31. The molecule has 2 N–H and O–H groups in total. The van der Waals surface area contributed by atoms with Crippen LogP contribution in [0.25, 0.3) is 0 Å². The number of hydrogen-bond donors (Lipinski definition) is 2. The molecule has 1 aromatic rings. The number of aliphatic hydroxyl groups is 1. The highest BCUT2D eigenvalue weighted by Crippen LogP contribution is 2.22. The van der Waals surface area contributed by atoms with Crippen molar-refractivity contribution >= 4 is 5.69 Å². The molecule has 2 atom stereocenters.